The van der Waals surface area contributed by atoms with Gasteiger partial charge in [-0.25, -0.2) is 13.9 Å². The van der Waals surface area contributed by atoms with E-state index in [4.69, 9.17) is 10.1 Å². The summed E-state index contributed by atoms with van der Waals surface area (Å²) in [5, 5.41) is 5.67. The number of imidazole rings is 1. The highest BCUT2D eigenvalue weighted by Gasteiger charge is 2.22. The Morgan fingerprint density at radius 1 is 1.11 bits per heavy atom. The van der Waals surface area contributed by atoms with E-state index in [1.807, 2.05) is 25.3 Å². The van der Waals surface area contributed by atoms with Crippen molar-refractivity contribution in [1.82, 2.24) is 19.6 Å². The number of aryl methyl sites for hydroxylation is 3. The van der Waals surface area contributed by atoms with Gasteiger partial charge in [0.25, 0.3) is 0 Å². The van der Waals surface area contributed by atoms with E-state index in [0.29, 0.717) is 5.92 Å². The molecule has 3 aromatic heterocycles. The van der Waals surface area contributed by atoms with Crippen LogP contribution < -0.4 is 0 Å². The van der Waals surface area contributed by atoms with Crippen LogP contribution in [-0.2, 0) is 0 Å². The first-order valence-electron chi connectivity index (χ1n) is 9.59. The predicted octanol–water partition coefficient (Wildman–Crippen LogP) is 5.85. The van der Waals surface area contributed by atoms with Gasteiger partial charge in [0.15, 0.2) is 5.65 Å². The second-order valence-corrected chi connectivity index (χ2v) is 7.35. The fraction of sp³-hybridized carbons (Fsp3) is 0.364. The van der Waals surface area contributed by atoms with Crippen molar-refractivity contribution < 1.29 is 4.39 Å². The molecule has 5 heteroatoms. The minimum Gasteiger partial charge on any atom is -0.353 e. The number of fused-ring (bicyclic) bond motifs is 2. The van der Waals surface area contributed by atoms with Gasteiger partial charge in [0.05, 0.1) is 17.1 Å². The largest absolute Gasteiger partial charge is 0.353 e. The third-order valence-corrected chi connectivity index (χ3v) is 5.59. The van der Waals surface area contributed by atoms with Gasteiger partial charge < -0.3 is 4.98 Å². The Labute approximate surface area is 158 Å². The molecule has 4 nitrogen and oxygen atoms in total. The second-order valence-electron chi connectivity index (χ2n) is 7.35. The minimum atomic E-state index is -0.226. The molecule has 0 aliphatic rings. The summed E-state index contributed by atoms with van der Waals surface area (Å²) in [6, 6.07) is 7.01. The first-order chi connectivity index (χ1) is 12.9. The standard InChI is InChI=1S/C22H25FN4/c1-6-15(7-2)18-10-12(3)26-27-21(14(5)24-22(18)27)20-13(4)17-11-16(23)8-9-19(17)25-20/h8-11,15,25H,6-7H2,1-5H3. The van der Waals surface area contributed by atoms with Gasteiger partial charge in [-0.05, 0) is 69.4 Å². The van der Waals surface area contributed by atoms with E-state index < -0.39 is 0 Å². The number of halogens is 1. The molecule has 140 valence electrons. The van der Waals surface area contributed by atoms with Crippen LogP contribution in [0.4, 0.5) is 4.39 Å². The minimum absolute atomic E-state index is 0.226. The van der Waals surface area contributed by atoms with E-state index in [0.717, 1.165) is 57.7 Å². The van der Waals surface area contributed by atoms with Crippen molar-refractivity contribution in [3.05, 3.63) is 52.6 Å². The van der Waals surface area contributed by atoms with Gasteiger partial charge in [-0.1, -0.05) is 13.8 Å². The third-order valence-electron chi connectivity index (χ3n) is 5.59. The number of H-pyrrole nitrogens is 1. The molecule has 0 aliphatic carbocycles. The predicted molar refractivity (Wildman–Crippen MR) is 108 cm³/mol. The molecule has 0 fully saturated rings. The number of aromatic amines is 1. The highest BCUT2D eigenvalue weighted by Crippen LogP contribution is 2.34. The number of benzene rings is 1. The quantitative estimate of drug-likeness (QED) is 0.494. The van der Waals surface area contributed by atoms with Crippen molar-refractivity contribution in [2.45, 2.75) is 53.4 Å². The van der Waals surface area contributed by atoms with Crippen LogP contribution in [0.25, 0.3) is 27.9 Å². The Hall–Kier alpha value is -2.69. The van der Waals surface area contributed by atoms with Crippen molar-refractivity contribution in [2.75, 3.05) is 0 Å². The van der Waals surface area contributed by atoms with Crippen LogP contribution in [0.5, 0.6) is 0 Å². The summed E-state index contributed by atoms with van der Waals surface area (Å²) in [7, 11) is 0. The highest BCUT2D eigenvalue weighted by molar-refractivity contribution is 5.90. The smallest absolute Gasteiger partial charge is 0.158 e. The number of hydrogen-bond donors (Lipinski definition) is 1. The molecular weight excluding hydrogens is 339 g/mol. The van der Waals surface area contributed by atoms with Crippen LogP contribution in [0, 0.1) is 26.6 Å². The van der Waals surface area contributed by atoms with Crippen molar-refractivity contribution >= 4 is 16.6 Å². The summed E-state index contributed by atoms with van der Waals surface area (Å²) in [5.41, 5.74) is 7.92. The van der Waals surface area contributed by atoms with Gasteiger partial charge in [0, 0.05) is 16.5 Å². The normalized spacial score (nSPS) is 12.0. The van der Waals surface area contributed by atoms with Gasteiger partial charge in [-0.2, -0.15) is 5.10 Å². The molecule has 0 saturated carbocycles. The Kier molecular flexibility index (Phi) is 4.25. The Morgan fingerprint density at radius 2 is 1.85 bits per heavy atom. The monoisotopic (exact) mass is 364 g/mol. The molecule has 0 bridgehead atoms. The van der Waals surface area contributed by atoms with Crippen LogP contribution in [0.15, 0.2) is 24.3 Å². The summed E-state index contributed by atoms with van der Waals surface area (Å²) < 4.78 is 15.7. The lowest BCUT2D eigenvalue weighted by Crippen LogP contribution is -2.05. The molecule has 0 amide bonds. The lowest BCUT2D eigenvalue weighted by molar-refractivity contribution is 0.629. The zero-order chi connectivity index (χ0) is 19.3. The average molecular weight is 364 g/mol. The van der Waals surface area contributed by atoms with Crippen molar-refractivity contribution in [1.29, 1.82) is 0 Å². The number of nitrogens with zero attached hydrogens (tertiary/aromatic N) is 3. The van der Waals surface area contributed by atoms with Crippen LogP contribution in [0.3, 0.4) is 0 Å². The summed E-state index contributed by atoms with van der Waals surface area (Å²) in [5.74, 6) is 0.234. The molecule has 1 aromatic carbocycles. The molecule has 3 heterocycles. The van der Waals surface area contributed by atoms with Crippen molar-refractivity contribution in [3.63, 3.8) is 0 Å². The molecule has 0 saturated heterocycles. The fourth-order valence-electron chi connectivity index (χ4n) is 4.13. The van der Waals surface area contributed by atoms with E-state index >= 15 is 0 Å². The zero-order valence-corrected chi connectivity index (χ0v) is 16.5. The molecule has 0 radical (unpaired) electrons. The molecule has 27 heavy (non-hydrogen) atoms. The van der Waals surface area contributed by atoms with E-state index in [1.54, 1.807) is 12.1 Å². The molecule has 0 aliphatic heterocycles. The van der Waals surface area contributed by atoms with Crippen LogP contribution in [-0.4, -0.2) is 19.6 Å². The summed E-state index contributed by atoms with van der Waals surface area (Å²) in [6.07, 6.45) is 2.14. The van der Waals surface area contributed by atoms with Gasteiger partial charge in [0.1, 0.15) is 11.5 Å². The van der Waals surface area contributed by atoms with Crippen molar-refractivity contribution in [3.8, 4) is 11.4 Å². The molecule has 4 aromatic rings. The third kappa shape index (κ3) is 2.73. The average Bonchev–Trinajstić information content (AvgIpc) is 3.12. The molecule has 0 unspecified atom stereocenters. The van der Waals surface area contributed by atoms with Gasteiger partial charge in [0.2, 0.25) is 0 Å². The molecular formula is C22H25FN4. The number of hydrogen-bond acceptors (Lipinski definition) is 2. The molecule has 0 spiro atoms. The maximum Gasteiger partial charge on any atom is 0.158 e. The molecule has 4 rings (SSSR count). The maximum atomic E-state index is 13.7. The summed E-state index contributed by atoms with van der Waals surface area (Å²) in [4.78, 5) is 8.34. The number of rotatable bonds is 4. The molecule has 1 N–H and O–H groups in total. The Morgan fingerprint density at radius 3 is 2.56 bits per heavy atom. The van der Waals surface area contributed by atoms with Crippen LogP contribution in [0.2, 0.25) is 0 Å². The van der Waals surface area contributed by atoms with Gasteiger partial charge >= 0.3 is 0 Å². The maximum absolute atomic E-state index is 13.7. The van der Waals surface area contributed by atoms with E-state index in [-0.39, 0.29) is 5.82 Å². The van der Waals surface area contributed by atoms with E-state index in [1.165, 1.54) is 11.6 Å². The van der Waals surface area contributed by atoms with Crippen LogP contribution in [0.1, 0.15) is 55.1 Å². The highest BCUT2D eigenvalue weighted by atomic mass is 19.1. The summed E-state index contributed by atoms with van der Waals surface area (Å²) in [6.45, 7) is 10.5. The van der Waals surface area contributed by atoms with Crippen molar-refractivity contribution in [2.24, 2.45) is 0 Å². The zero-order valence-electron chi connectivity index (χ0n) is 16.5. The number of nitrogens with one attached hydrogen (secondary N) is 1. The molecule has 0 atom stereocenters. The first-order valence-corrected chi connectivity index (χ1v) is 9.59. The number of aromatic nitrogens is 4. The lowest BCUT2D eigenvalue weighted by atomic mass is 9.95. The Bertz CT molecular complexity index is 1150. The van der Waals surface area contributed by atoms with Gasteiger partial charge in [-0.15, -0.1) is 0 Å². The first kappa shape index (κ1) is 17.7. The second kappa shape index (κ2) is 6.48. The van der Waals surface area contributed by atoms with E-state index in [2.05, 4.69) is 24.9 Å². The van der Waals surface area contributed by atoms with E-state index in [9.17, 15) is 4.39 Å². The topological polar surface area (TPSA) is 46.0 Å². The Balaban J connectivity index is 2.03. The van der Waals surface area contributed by atoms with Crippen LogP contribution >= 0.6 is 0 Å². The fourth-order valence-corrected chi connectivity index (χ4v) is 4.13. The van der Waals surface area contributed by atoms with Gasteiger partial charge in [-0.3, -0.25) is 0 Å². The SMILES string of the molecule is CCC(CC)c1cc(C)nn2c(-c3[nH]c4ccc(F)cc4c3C)c(C)nc12. The summed E-state index contributed by atoms with van der Waals surface area (Å²) >= 11 is 0. The lowest BCUT2D eigenvalue weighted by Gasteiger charge is -2.14.